The maximum Gasteiger partial charge on any atom is 0.109 e. The predicted molar refractivity (Wildman–Crippen MR) is 80.6 cm³/mol. The fraction of sp³-hybridized carbons (Fsp3) is 0.667. The highest BCUT2D eigenvalue weighted by molar-refractivity contribution is 5.31. The molecule has 1 heterocycles. The molecule has 4 unspecified atom stereocenters. The first-order valence-corrected chi connectivity index (χ1v) is 8.18. The summed E-state index contributed by atoms with van der Waals surface area (Å²) in [5, 5.41) is 10.9. The van der Waals surface area contributed by atoms with E-state index in [1.54, 1.807) is 0 Å². The molecule has 0 saturated heterocycles. The van der Waals surface area contributed by atoms with Crippen molar-refractivity contribution in [3.05, 3.63) is 35.4 Å². The van der Waals surface area contributed by atoms with E-state index in [1.807, 2.05) is 0 Å². The van der Waals surface area contributed by atoms with Crippen LogP contribution < -0.4 is 0 Å². The van der Waals surface area contributed by atoms with Crippen molar-refractivity contribution >= 4 is 0 Å². The van der Waals surface area contributed by atoms with Gasteiger partial charge in [-0.15, -0.1) is 0 Å². The zero-order valence-corrected chi connectivity index (χ0v) is 12.4. The number of hydrogen-bond acceptors (Lipinski definition) is 2. The molecule has 0 radical (unpaired) electrons. The minimum absolute atomic E-state index is 0.114. The van der Waals surface area contributed by atoms with Crippen LogP contribution >= 0.6 is 0 Å². The van der Waals surface area contributed by atoms with Crippen LogP contribution in [0, 0.1) is 11.8 Å². The molecule has 1 fully saturated rings. The van der Waals surface area contributed by atoms with Crippen LogP contribution in [0.5, 0.6) is 0 Å². The molecule has 2 aliphatic rings. The SMILES string of the molecule is CCC1CCCCC1C(O)C1OCCc2ccccc21. The van der Waals surface area contributed by atoms with Gasteiger partial charge in [0.15, 0.2) is 0 Å². The maximum atomic E-state index is 10.9. The minimum Gasteiger partial charge on any atom is -0.390 e. The van der Waals surface area contributed by atoms with E-state index in [0.717, 1.165) is 19.4 Å². The topological polar surface area (TPSA) is 29.5 Å². The van der Waals surface area contributed by atoms with Gasteiger partial charge in [-0.05, 0) is 35.8 Å². The lowest BCUT2D eigenvalue weighted by atomic mass is 9.72. The van der Waals surface area contributed by atoms with Crippen molar-refractivity contribution in [2.75, 3.05) is 6.61 Å². The van der Waals surface area contributed by atoms with Crippen molar-refractivity contribution in [1.29, 1.82) is 0 Å². The summed E-state index contributed by atoms with van der Waals surface area (Å²) in [6, 6.07) is 8.45. The van der Waals surface area contributed by atoms with Crippen molar-refractivity contribution < 1.29 is 9.84 Å². The van der Waals surface area contributed by atoms with E-state index in [9.17, 15) is 5.11 Å². The largest absolute Gasteiger partial charge is 0.390 e. The Labute approximate surface area is 122 Å². The molecular formula is C18H26O2. The third kappa shape index (κ3) is 2.64. The molecule has 0 bridgehead atoms. The van der Waals surface area contributed by atoms with Gasteiger partial charge in [0.05, 0.1) is 12.7 Å². The minimum atomic E-state index is -0.346. The highest BCUT2D eigenvalue weighted by Gasteiger charge is 2.37. The second-order valence-corrected chi connectivity index (χ2v) is 6.35. The van der Waals surface area contributed by atoms with Gasteiger partial charge in [-0.3, -0.25) is 0 Å². The van der Waals surface area contributed by atoms with Gasteiger partial charge >= 0.3 is 0 Å². The molecule has 2 heteroatoms. The number of aliphatic hydroxyl groups excluding tert-OH is 1. The lowest BCUT2D eigenvalue weighted by Gasteiger charge is -2.39. The van der Waals surface area contributed by atoms with Crippen LogP contribution in [0.2, 0.25) is 0 Å². The zero-order chi connectivity index (χ0) is 13.9. The molecule has 1 aliphatic carbocycles. The third-order valence-corrected chi connectivity index (χ3v) is 5.27. The first-order chi connectivity index (χ1) is 9.81. The molecule has 2 nitrogen and oxygen atoms in total. The molecule has 0 amide bonds. The van der Waals surface area contributed by atoms with Crippen molar-refractivity contribution in [2.24, 2.45) is 11.8 Å². The number of benzene rings is 1. The van der Waals surface area contributed by atoms with Crippen molar-refractivity contribution in [1.82, 2.24) is 0 Å². The summed E-state index contributed by atoms with van der Waals surface area (Å²) in [5.41, 5.74) is 2.57. The average molecular weight is 274 g/mol. The first-order valence-electron chi connectivity index (χ1n) is 8.18. The van der Waals surface area contributed by atoms with Crippen molar-refractivity contribution in [3.63, 3.8) is 0 Å². The summed E-state index contributed by atoms with van der Waals surface area (Å²) < 4.78 is 5.96. The highest BCUT2D eigenvalue weighted by Crippen LogP contribution is 2.41. The Kier molecular flexibility index (Phi) is 4.42. The van der Waals surface area contributed by atoms with Crippen LogP contribution in [0.25, 0.3) is 0 Å². The molecule has 1 N–H and O–H groups in total. The average Bonchev–Trinajstić information content (AvgIpc) is 2.53. The smallest absolute Gasteiger partial charge is 0.109 e. The van der Waals surface area contributed by atoms with Gasteiger partial charge in [0, 0.05) is 0 Å². The van der Waals surface area contributed by atoms with Crippen LogP contribution in [0.1, 0.15) is 56.3 Å². The zero-order valence-electron chi connectivity index (χ0n) is 12.4. The quantitative estimate of drug-likeness (QED) is 0.906. The molecule has 4 atom stereocenters. The standard InChI is InChI=1S/C18H26O2/c1-2-13-7-3-5-9-15(13)17(19)18-16-10-6-4-8-14(16)11-12-20-18/h4,6,8,10,13,15,17-19H,2-3,5,7,9,11-12H2,1H3. The van der Waals surface area contributed by atoms with Gasteiger partial charge in [-0.2, -0.15) is 0 Å². The number of rotatable bonds is 3. The van der Waals surface area contributed by atoms with Crippen LogP contribution in [0.4, 0.5) is 0 Å². The van der Waals surface area contributed by atoms with E-state index in [-0.39, 0.29) is 12.2 Å². The molecular weight excluding hydrogens is 248 g/mol. The van der Waals surface area contributed by atoms with E-state index < -0.39 is 0 Å². The van der Waals surface area contributed by atoms with E-state index in [0.29, 0.717) is 11.8 Å². The summed E-state index contributed by atoms with van der Waals surface area (Å²) in [7, 11) is 0. The Morgan fingerprint density at radius 2 is 2.05 bits per heavy atom. The lowest BCUT2D eigenvalue weighted by Crippen LogP contribution is -2.37. The number of aliphatic hydroxyl groups is 1. The van der Waals surface area contributed by atoms with Gasteiger partial charge in [-0.1, -0.05) is 56.9 Å². The van der Waals surface area contributed by atoms with Crippen molar-refractivity contribution in [2.45, 2.75) is 57.7 Å². The fourth-order valence-corrected chi connectivity index (χ4v) is 4.12. The number of ether oxygens (including phenoxy) is 1. The lowest BCUT2D eigenvalue weighted by molar-refractivity contribution is -0.0887. The van der Waals surface area contributed by atoms with Crippen LogP contribution in [0.3, 0.4) is 0 Å². The molecule has 0 aromatic heterocycles. The van der Waals surface area contributed by atoms with Gasteiger partial charge in [0.2, 0.25) is 0 Å². The van der Waals surface area contributed by atoms with Gasteiger partial charge < -0.3 is 9.84 Å². The maximum absolute atomic E-state index is 10.9. The number of fused-ring (bicyclic) bond motifs is 1. The first kappa shape index (κ1) is 14.1. The highest BCUT2D eigenvalue weighted by atomic mass is 16.5. The summed E-state index contributed by atoms with van der Waals surface area (Å²) in [4.78, 5) is 0. The Morgan fingerprint density at radius 1 is 1.25 bits per heavy atom. The number of hydrogen-bond donors (Lipinski definition) is 1. The summed E-state index contributed by atoms with van der Waals surface area (Å²) in [5.74, 6) is 1.07. The van der Waals surface area contributed by atoms with E-state index in [4.69, 9.17) is 4.74 Å². The Hall–Kier alpha value is -0.860. The molecule has 3 rings (SSSR count). The van der Waals surface area contributed by atoms with Crippen LogP contribution in [-0.2, 0) is 11.2 Å². The molecule has 20 heavy (non-hydrogen) atoms. The molecule has 1 aliphatic heterocycles. The second kappa shape index (κ2) is 6.28. The molecule has 0 spiro atoms. The van der Waals surface area contributed by atoms with Crippen molar-refractivity contribution in [3.8, 4) is 0 Å². The summed E-state index contributed by atoms with van der Waals surface area (Å²) in [6.07, 6.45) is 6.70. The fourth-order valence-electron chi connectivity index (χ4n) is 4.12. The van der Waals surface area contributed by atoms with Gasteiger partial charge in [-0.25, -0.2) is 0 Å². The van der Waals surface area contributed by atoms with Gasteiger partial charge in [0.25, 0.3) is 0 Å². The van der Waals surface area contributed by atoms with E-state index >= 15 is 0 Å². The van der Waals surface area contributed by atoms with Crippen LogP contribution in [0.15, 0.2) is 24.3 Å². The Bertz CT molecular complexity index is 443. The summed E-state index contributed by atoms with van der Waals surface area (Å²) >= 11 is 0. The Balaban J connectivity index is 1.82. The monoisotopic (exact) mass is 274 g/mol. The summed E-state index contributed by atoms with van der Waals surface area (Å²) in [6.45, 7) is 2.99. The second-order valence-electron chi connectivity index (χ2n) is 6.35. The Morgan fingerprint density at radius 3 is 2.90 bits per heavy atom. The van der Waals surface area contributed by atoms with E-state index in [1.165, 1.54) is 36.8 Å². The van der Waals surface area contributed by atoms with E-state index in [2.05, 4.69) is 31.2 Å². The molecule has 110 valence electrons. The molecule has 1 aromatic carbocycles. The normalized spacial score (nSPS) is 31.6. The third-order valence-electron chi connectivity index (χ3n) is 5.27. The van der Waals surface area contributed by atoms with Gasteiger partial charge in [0.1, 0.15) is 6.10 Å². The molecule has 1 saturated carbocycles. The van der Waals surface area contributed by atoms with Crippen LogP contribution in [-0.4, -0.2) is 17.8 Å². The predicted octanol–water partition coefficient (Wildman–Crippen LogP) is 3.88. The molecule has 1 aromatic rings.